The summed E-state index contributed by atoms with van der Waals surface area (Å²) in [5.74, 6) is -0.973. The van der Waals surface area contributed by atoms with Gasteiger partial charge in [-0.25, -0.2) is 0 Å². The summed E-state index contributed by atoms with van der Waals surface area (Å²) in [5.41, 5.74) is 2.92. The van der Waals surface area contributed by atoms with Gasteiger partial charge < -0.3 is 9.47 Å². The van der Waals surface area contributed by atoms with Crippen LogP contribution in [0.4, 0.5) is 0 Å². The van der Waals surface area contributed by atoms with Crippen molar-refractivity contribution in [2.24, 2.45) is 0 Å². The number of hydrogen-bond acceptors (Lipinski definition) is 4. The molecule has 1 aromatic rings. The summed E-state index contributed by atoms with van der Waals surface area (Å²) in [5, 5.41) is 0. The zero-order valence-electron chi connectivity index (χ0n) is 14.8. The molecule has 0 aromatic heterocycles. The molecule has 0 aliphatic rings. The predicted octanol–water partition coefficient (Wildman–Crippen LogP) is 4.23. The molecule has 4 heteroatoms. The van der Waals surface area contributed by atoms with Crippen LogP contribution in [0.2, 0.25) is 0 Å². The first-order valence-electron chi connectivity index (χ1n) is 7.79. The van der Waals surface area contributed by atoms with Crippen molar-refractivity contribution in [3.63, 3.8) is 0 Å². The van der Waals surface area contributed by atoms with E-state index in [4.69, 9.17) is 9.47 Å². The lowest BCUT2D eigenvalue weighted by Gasteiger charge is -2.23. The molecule has 0 unspecified atom stereocenters. The maximum absolute atomic E-state index is 11.3. The van der Waals surface area contributed by atoms with Gasteiger partial charge >= 0.3 is 11.9 Å². The van der Waals surface area contributed by atoms with Gasteiger partial charge in [-0.15, -0.1) is 0 Å². The van der Waals surface area contributed by atoms with E-state index in [1.54, 1.807) is 0 Å². The number of benzene rings is 1. The van der Waals surface area contributed by atoms with Crippen molar-refractivity contribution in [3.05, 3.63) is 41.0 Å². The quantitative estimate of drug-likeness (QED) is 0.602. The molecule has 0 aliphatic carbocycles. The van der Waals surface area contributed by atoms with Crippen molar-refractivity contribution < 1.29 is 19.1 Å². The molecule has 0 atom stereocenters. The highest BCUT2D eigenvalue weighted by Gasteiger charge is 2.22. The van der Waals surface area contributed by atoms with Crippen molar-refractivity contribution in [1.29, 1.82) is 0 Å². The first-order chi connectivity index (χ1) is 10.6. The van der Waals surface area contributed by atoms with E-state index in [1.165, 1.54) is 19.4 Å². The summed E-state index contributed by atoms with van der Waals surface area (Å²) in [6, 6.07) is 8.04. The summed E-state index contributed by atoms with van der Waals surface area (Å²) in [4.78, 5) is 22.6. The monoisotopic (exact) mass is 318 g/mol. The molecular formula is C19H26O4. The molecule has 23 heavy (non-hydrogen) atoms. The summed E-state index contributed by atoms with van der Waals surface area (Å²) < 4.78 is 10.3. The van der Waals surface area contributed by atoms with Crippen molar-refractivity contribution >= 4 is 18.0 Å². The molecule has 0 spiro atoms. The molecule has 0 saturated heterocycles. The molecule has 0 saturated carbocycles. The number of rotatable bonds is 5. The third kappa shape index (κ3) is 5.89. The van der Waals surface area contributed by atoms with E-state index in [0.717, 1.165) is 11.1 Å². The normalized spacial score (nSPS) is 12.2. The minimum absolute atomic E-state index is 0.0235. The maximum Gasteiger partial charge on any atom is 0.305 e. The number of ether oxygens (including phenoxy) is 2. The van der Waals surface area contributed by atoms with Gasteiger partial charge in [0.25, 0.3) is 6.29 Å². The predicted molar refractivity (Wildman–Crippen MR) is 90.7 cm³/mol. The van der Waals surface area contributed by atoms with Gasteiger partial charge in [0, 0.05) is 19.4 Å². The maximum atomic E-state index is 11.3. The Hall–Kier alpha value is -2.10. The van der Waals surface area contributed by atoms with Crippen molar-refractivity contribution in [2.75, 3.05) is 0 Å². The van der Waals surface area contributed by atoms with Crippen molar-refractivity contribution in [3.8, 4) is 0 Å². The zero-order chi connectivity index (χ0) is 17.6. The molecule has 0 bridgehead atoms. The zero-order valence-corrected chi connectivity index (χ0v) is 14.8. The van der Waals surface area contributed by atoms with Gasteiger partial charge in [-0.3, -0.25) is 9.59 Å². The summed E-state index contributed by atoms with van der Waals surface area (Å²) in [7, 11) is 0. The molecule has 0 fully saturated rings. The van der Waals surface area contributed by atoms with Gasteiger partial charge in [-0.05, 0) is 29.0 Å². The Morgan fingerprint density at radius 3 is 2.04 bits per heavy atom. The van der Waals surface area contributed by atoms with Crippen LogP contribution in [-0.4, -0.2) is 18.2 Å². The highest BCUT2D eigenvalue weighted by atomic mass is 16.7. The van der Waals surface area contributed by atoms with E-state index in [-0.39, 0.29) is 5.41 Å². The van der Waals surface area contributed by atoms with Crippen molar-refractivity contribution in [1.82, 2.24) is 0 Å². The first-order valence-corrected chi connectivity index (χ1v) is 7.79. The number of carbonyl (C=O) groups excluding carboxylic acids is 2. The molecule has 0 N–H and O–H groups in total. The Balaban J connectivity index is 3.28. The lowest BCUT2D eigenvalue weighted by Crippen LogP contribution is -2.24. The van der Waals surface area contributed by atoms with Crippen molar-refractivity contribution in [2.45, 2.75) is 59.7 Å². The van der Waals surface area contributed by atoms with Gasteiger partial charge in [-0.1, -0.05) is 52.0 Å². The third-order valence-electron chi connectivity index (χ3n) is 3.37. The first kappa shape index (κ1) is 18.9. The van der Waals surface area contributed by atoms with Crippen LogP contribution in [0, 0.1) is 0 Å². The van der Waals surface area contributed by atoms with E-state index in [2.05, 4.69) is 26.8 Å². The Morgan fingerprint density at radius 1 is 1.09 bits per heavy atom. The van der Waals surface area contributed by atoms with Gasteiger partial charge in [0.2, 0.25) is 0 Å². The molecular weight excluding hydrogens is 292 g/mol. The second-order valence-corrected chi connectivity index (χ2v) is 6.46. The largest absolute Gasteiger partial charge is 0.421 e. The molecule has 1 aromatic carbocycles. The highest BCUT2D eigenvalue weighted by Crippen LogP contribution is 2.28. The third-order valence-corrected chi connectivity index (χ3v) is 3.37. The number of esters is 2. The fourth-order valence-corrected chi connectivity index (χ4v) is 2.32. The van der Waals surface area contributed by atoms with Gasteiger partial charge in [0.05, 0.1) is 0 Å². The minimum atomic E-state index is -0.983. The molecule has 126 valence electrons. The van der Waals surface area contributed by atoms with E-state index >= 15 is 0 Å². The SMILES string of the molecule is CCC(=Cc1ccccc1C(C)(C)C)C(OC(C)=O)OC(C)=O. The van der Waals surface area contributed by atoms with Crippen LogP contribution in [0.25, 0.3) is 6.08 Å². The Bertz CT molecular complexity index is 578. The number of hydrogen-bond donors (Lipinski definition) is 0. The lowest BCUT2D eigenvalue weighted by atomic mass is 9.83. The molecule has 0 radical (unpaired) electrons. The van der Waals surface area contributed by atoms with Crippen LogP contribution in [0.5, 0.6) is 0 Å². The van der Waals surface area contributed by atoms with E-state index in [1.807, 2.05) is 31.2 Å². The summed E-state index contributed by atoms with van der Waals surface area (Å²) >= 11 is 0. The summed E-state index contributed by atoms with van der Waals surface area (Å²) in [6.45, 7) is 11.0. The van der Waals surface area contributed by atoms with E-state index in [0.29, 0.717) is 6.42 Å². The average molecular weight is 318 g/mol. The van der Waals surface area contributed by atoms with Crippen LogP contribution < -0.4 is 0 Å². The minimum Gasteiger partial charge on any atom is -0.421 e. The molecule has 1 rings (SSSR count). The standard InChI is InChI=1S/C19H26O4/c1-7-15(18(22-13(2)20)23-14(3)21)12-16-10-8-9-11-17(16)19(4,5)6/h8-12,18H,7H2,1-6H3. The van der Waals surface area contributed by atoms with Crippen LogP contribution >= 0.6 is 0 Å². The van der Waals surface area contributed by atoms with Gasteiger partial charge in [0.15, 0.2) is 0 Å². The number of carbonyl (C=O) groups is 2. The second kappa shape index (κ2) is 7.95. The van der Waals surface area contributed by atoms with Gasteiger partial charge in [0.1, 0.15) is 0 Å². The molecule has 4 nitrogen and oxygen atoms in total. The fourth-order valence-electron chi connectivity index (χ4n) is 2.32. The smallest absolute Gasteiger partial charge is 0.305 e. The van der Waals surface area contributed by atoms with Crippen LogP contribution in [0.1, 0.15) is 59.1 Å². The second-order valence-electron chi connectivity index (χ2n) is 6.46. The van der Waals surface area contributed by atoms with Crippen LogP contribution in [0.15, 0.2) is 29.8 Å². The van der Waals surface area contributed by atoms with Gasteiger partial charge in [-0.2, -0.15) is 0 Å². The highest BCUT2D eigenvalue weighted by molar-refractivity contribution is 5.69. The Kier molecular flexibility index (Phi) is 6.55. The molecule has 0 amide bonds. The Morgan fingerprint density at radius 2 is 1.61 bits per heavy atom. The van der Waals surface area contributed by atoms with Crippen LogP contribution in [-0.2, 0) is 24.5 Å². The topological polar surface area (TPSA) is 52.6 Å². The summed E-state index contributed by atoms with van der Waals surface area (Å²) in [6.07, 6.45) is 1.56. The Labute approximate surface area is 138 Å². The molecule has 0 heterocycles. The van der Waals surface area contributed by atoms with Crippen LogP contribution in [0.3, 0.4) is 0 Å². The lowest BCUT2D eigenvalue weighted by molar-refractivity contribution is -0.178. The van der Waals surface area contributed by atoms with E-state index < -0.39 is 18.2 Å². The fraction of sp³-hybridized carbons (Fsp3) is 0.474. The molecule has 0 aliphatic heterocycles. The average Bonchev–Trinajstić information content (AvgIpc) is 2.42. The van der Waals surface area contributed by atoms with E-state index in [9.17, 15) is 9.59 Å².